The van der Waals surface area contributed by atoms with Crippen LogP contribution in [0.5, 0.6) is 0 Å². The lowest BCUT2D eigenvalue weighted by Crippen LogP contribution is -2.58. The van der Waals surface area contributed by atoms with E-state index >= 15 is 0 Å². The van der Waals surface area contributed by atoms with Gasteiger partial charge in [-0.2, -0.15) is 26.3 Å². The number of nitrogens with one attached hydrogen (secondary N) is 2. The number of hydrogen-bond donors (Lipinski definition) is 3. The Balaban J connectivity index is 1.85. The molecule has 3 amide bonds. The third kappa shape index (κ3) is 7.61. The zero-order chi connectivity index (χ0) is 29.0. The average Bonchev–Trinajstić information content (AvgIpc) is 2.85. The number of urea groups is 1. The number of carbonyl (C=O) groups excluding carboxylic acids is 2. The number of hydrogen-bond acceptors (Lipinski definition) is 3. The zero-order valence-electron chi connectivity index (χ0n) is 20.9. The molecule has 1 fully saturated rings. The minimum atomic E-state index is -5.00. The molecule has 3 N–H and O–H groups in total. The zero-order valence-corrected chi connectivity index (χ0v) is 20.9. The van der Waals surface area contributed by atoms with Crippen LogP contribution < -0.4 is 10.6 Å². The van der Waals surface area contributed by atoms with Crippen LogP contribution in [0.1, 0.15) is 46.6 Å². The molecule has 1 aliphatic heterocycles. The molecule has 0 saturated carbocycles. The highest BCUT2D eigenvalue weighted by Crippen LogP contribution is 2.37. The van der Waals surface area contributed by atoms with Crippen LogP contribution in [0.25, 0.3) is 0 Å². The molecule has 1 saturated heterocycles. The number of piperidine rings is 1. The van der Waals surface area contributed by atoms with Crippen molar-refractivity contribution in [2.45, 2.75) is 50.5 Å². The lowest BCUT2D eigenvalue weighted by Gasteiger charge is -2.41. The van der Waals surface area contributed by atoms with Gasteiger partial charge in [0.2, 0.25) is 5.91 Å². The van der Waals surface area contributed by atoms with Gasteiger partial charge < -0.3 is 20.6 Å². The van der Waals surface area contributed by atoms with Crippen molar-refractivity contribution in [1.82, 2.24) is 15.5 Å². The standard InChI is InChI=1S/C26H28F7N3O3/c1-15-11-19(27)4-5-20(15)21-3-2-9-36(24(39)35-8-10-37)22(21)23(38)34-7-6-16-12-17(25(28,29)30)14-18(13-16)26(31,32)33/h4-5,11-14,21-22,37H,2-3,6-10H2,1H3,(H,34,38)(H,35,39). The fraction of sp³-hybridized carbons (Fsp3) is 0.462. The predicted molar refractivity (Wildman–Crippen MR) is 127 cm³/mol. The molecule has 13 heteroatoms. The van der Waals surface area contributed by atoms with Gasteiger partial charge in [-0.05, 0) is 73.2 Å². The minimum absolute atomic E-state index is 0.0304. The van der Waals surface area contributed by atoms with Crippen LogP contribution in [0.3, 0.4) is 0 Å². The van der Waals surface area contributed by atoms with Crippen molar-refractivity contribution >= 4 is 11.9 Å². The largest absolute Gasteiger partial charge is 0.416 e. The van der Waals surface area contributed by atoms with Crippen LogP contribution in [0.4, 0.5) is 35.5 Å². The molecule has 2 atom stereocenters. The number of likely N-dealkylation sites (tertiary alicyclic amines) is 1. The van der Waals surface area contributed by atoms with E-state index < -0.39 is 53.2 Å². The Morgan fingerprint density at radius 1 is 0.974 bits per heavy atom. The molecule has 6 nitrogen and oxygen atoms in total. The number of rotatable bonds is 7. The van der Waals surface area contributed by atoms with Gasteiger partial charge >= 0.3 is 18.4 Å². The maximum absolute atomic E-state index is 13.7. The number of aliphatic hydroxyl groups is 1. The fourth-order valence-electron chi connectivity index (χ4n) is 4.79. The van der Waals surface area contributed by atoms with Gasteiger partial charge in [-0.1, -0.05) is 6.07 Å². The van der Waals surface area contributed by atoms with Gasteiger partial charge in [-0.25, -0.2) is 9.18 Å². The summed E-state index contributed by atoms with van der Waals surface area (Å²) in [6.45, 7) is 1.14. The van der Waals surface area contributed by atoms with Crippen LogP contribution in [0.15, 0.2) is 36.4 Å². The van der Waals surface area contributed by atoms with E-state index in [0.29, 0.717) is 36.1 Å². The summed E-state index contributed by atoms with van der Waals surface area (Å²) in [6, 6.07) is 3.56. The average molecular weight is 564 g/mol. The van der Waals surface area contributed by atoms with Gasteiger partial charge in [0, 0.05) is 25.6 Å². The topological polar surface area (TPSA) is 81.7 Å². The van der Waals surface area contributed by atoms with Gasteiger partial charge in [-0.3, -0.25) is 4.79 Å². The van der Waals surface area contributed by atoms with Crippen molar-refractivity contribution in [1.29, 1.82) is 0 Å². The molecule has 214 valence electrons. The molecule has 2 unspecified atom stereocenters. The summed E-state index contributed by atoms with van der Waals surface area (Å²) in [5.41, 5.74) is -2.00. The first-order valence-electron chi connectivity index (χ1n) is 12.2. The minimum Gasteiger partial charge on any atom is -0.395 e. The van der Waals surface area contributed by atoms with Crippen molar-refractivity contribution in [3.05, 3.63) is 70.0 Å². The van der Waals surface area contributed by atoms with Crippen LogP contribution in [0, 0.1) is 12.7 Å². The fourth-order valence-corrected chi connectivity index (χ4v) is 4.79. The molecule has 0 spiro atoms. The third-order valence-electron chi connectivity index (χ3n) is 6.54. The maximum atomic E-state index is 13.7. The molecule has 0 radical (unpaired) electrons. The summed E-state index contributed by atoms with van der Waals surface area (Å²) in [6.07, 6.45) is -9.34. The Hall–Kier alpha value is -3.35. The number of nitrogens with zero attached hydrogens (tertiary/aromatic N) is 1. The lowest BCUT2D eigenvalue weighted by atomic mass is 9.81. The number of aryl methyl sites for hydroxylation is 1. The number of amides is 3. The number of benzene rings is 2. The van der Waals surface area contributed by atoms with Crippen molar-refractivity contribution < 1.29 is 45.4 Å². The molecule has 0 aromatic heterocycles. The number of alkyl halides is 6. The summed E-state index contributed by atoms with van der Waals surface area (Å²) in [5, 5.41) is 14.1. The highest BCUT2D eigenvalue weighted by molar-refractivity contribution is 5.88. The lowest BCUT2D eigenvalue weighted by molar-refractivity contribution is -0.143. The van der Waals surface area contributed by atoms with Crippen molar-refractivity contribution in [2.24, 2.45) is 0 Å². The van der Waals surface area contributed by atoms with Gasteiger partial charge in [0.05, 0.1) is 17.7 Å². The second-order valence-corrected chi connectivity index (χ2v) is 9.30. The second kappa shape index (κ2) is 12.2. The second-order valence-electron chi connectivity index (χ2n) is 9.30. The smallest absolute Gasteiger partial charge is 0.395 e. The summed E-state index contributed by atoms with van der Waals surface area (Å²) in [7, 11) is 0. The third-order valence-corrected chi connectivity index (χ3v) is 6.54. The van der Waals surface area contributed by atoms with Crippen LogP contribution in [-0.2, 0) is 23.6 Å². The summed E-state index contributed by atoms with van der Waals surface area (Å²) in [4.78, 5) is 27.4. The van der Waals surface area contributed by atoms with E-state index in [0.717, 1.165) is 0 Å². The first kappa shape index (κ1) is 30.2. The Morgan fingerprint density at radius 3 is 2.18 bits per heavy atom. The molecular weight excluding hydrogens is 535 g/mol. The quantitative estimate of drug-likeness (QED) is 0.425. The molecule has 3 rings (SSSR count). The number of carbonyl (C=O) groups is 2. The van der Waals surface area contributed by atoms with Gasteiger partial charge in [-0.15, -0.1) is 0 Å². The highest BCUT2D eigenvalue weighted by atomic mass is 19.4. The molecule has 1 aliphatic rings. The van der Waals surface area contributed by atoms with Crippen LogP contribution >= 0.6 is 0 Å². The van der Waals surface area contributed by atoms with Crippen molar-refractivity contribution in [3.8, 4) is 0 Å². The molecule has 2 aromatic rings. The van der Waals surface area contributed by atoms with Gasteiger partial charge in [0.25, 0.3) is 0 Å². The molecular formula is C26H28F7N3O3. The van der Waals surface area contributed by atoms with E-state index in [1.54, 1.807) is 6.92 Å². The van der Waals surface area contributed by atoms with Gasteiger partial charge in [0.15, 0.2) is 0 Å². The van der Waals surface area contributed by atoms with Crippen LogP contribution in [-0.4, -0.2) is 54.2 Å². The Labute approximate surface area is 220 Å². The first-order valence-corrected chi connectivity index (χ1v) is 12.2. The van der Waals surface area contributed by atoms with E-state index in [9.17, 15) is 40.3 Å². The van der Waals surface area contributed by atoms with E-state index in [2.05, 4.69) is 10.6 Å². The normalized spacial score (nSPS) is 18.1. The number of aliphatic hydroxyl groups excluding tert-OH is 1. The van der Waals surface area contributed by atoms with Crippen molar-refractivity contribution in [2.75, 3.05) is 26.2 Å². The molecule has 2 aromatic carbocycles. The van der Waals surface area contributed by atoms with E-state index in [1.165, 1.54) is 23.1 Å². The van der Waals surface area contributed by atoms with Crippen LogP contribution in [0.2, 0.25) is 0 Å². The van der Waals surface area contributed by atoms with Crippen molar-refractivity contribution in [3.63, 3.8) is 0 Å². The van der Waals surface area contributed by atoms with E-state index in [-0.39, 0.29) is 44.3 Å². The molecule has 1 heterocycles. The molecule has 0 bridgehead atoms. The first-order chi connectivity index (χ1) is 18.2. The maximum Gasteiger partial charge on any atom is 0.416 e. The SMILES string of the molecule is Cc1cc(F)ccc1C1CCCN(C(=O)NCCO)C1C(=O)NCCc1cc(C(F)(F)F)cc(C(F)(F)F)c1. The Bertz CT molecular complexity index is 1150. The number of halogens is 7. The molecule has 39 heavy (non-hydrogen) atoms. The highest BCUT2D eigenvalue weighted by Gasteiger charge is 2.41. The predicted octanol–water partition coefficient (Wildman–Crippen LogP) is 4.78. The van der Waals surface area contributed by atoms with E-state index in [4.69, 9.17) is 5.11 Å². The Kier molecular flexibility index (Phi) is 9.47. The summed E-state index contributed by atoms with van der Waals surface area (Å²) >= 11 is 0. The van der Waals surface area contributed by atoms with Gasteiger partial charge in [0.1, 0.15) is 11.9 Å². The Morgan fingerprint density at radius 2 is 1.62 bits per heavy atom. The molecule has 0 aliphatic carbocycles. The van der Waals surface area contributed by atoms with E-state index in [1.807, 2.05) is 0 Å². The summed E-state index contributed by atoms with van der Waals surface area (Å²) in [5.74, 6) is -1.69. The monoisotopic (exact) mass is 563 g/mol. The summed E-state index contributed by atoms with van der Waals surface area (Å²) < 4.78 is 92.8.